The Morgan fingerprint density at radius 1 is 1.25 bits per heavy atom. The number of hydrogen-bond acceptors (Lipinski definition) is 7. The zero-order valence-electron chi connectivity index (χ0n) is 15.7. The van der Waals surface area contributed by atoms with Crippen LogP contribution < -0.4 is 5.32 Å². The van der Waals surface area contributed by atoms with Crippen LogP contribution in [0.4, 0.5) is 9.93 Å². The van der Waals surface area contributed by atoms with Crippen molar-refractivity contribution in [1.82, 2.24) is 18.5 Å². The van der Waals surface area contributed by atoms with E-state index in [0.29, 0.717) is 37.6 Å². The van der Waals surface area contributed by atoms with Gasteiger partial charge in [0.05, 0.1) is 12.5 Å². The van der Waals surface area contributed by atoms with Crippen molar-refractivity contribution < 1.29 is 22.7 Å². The Morgan fingerprint density at radius 3 is 2.64 bits per heavy atom. The largest absolute Gasteiger partial charge is 0.450 e. The number of rotatable bonds is 5. The van der Waals surface area contributed by atoms with Crippen molar-refractivity contribution in [2.45, 2.75) is 19.8 Å². The molecule has 0 bridgehead atoms. The van der Waals surface area contributed by atoms with Crippen molar-refractivity contribution in [3.05, 3.63) is 11.6 Å². The summed E-state index contributed by atoms with van der Waals surface area (Å²) in [7, 11) is -3.68. The quantitative estimate of drug-likeness (QED) is 0.738. The minimum atomic E-state index is -3.68. The minimum Gasteiger partial charge on any atom is -0.450 e. The van der Waals surface area contributed by atoms with Crippen LogP contribution in [0.5, 0.6) is 0 Å². The Morgan fingerprint density at radius 2 is 2.00 bits per heavy atom. The van der Waals surface area contributed by atoms with Crippen molar-refractivity contribution in [1.29, 1.82) is 0 Å². The molecule has 10 nitrogen and oxygen atoms in total. The zero-order chi connectivity index (χ0) is 20.1. The fraction of sp³-hybridized carbons (Fsp3) is 0.688. The Bertz CT molecular complexity index is 777. The van der Waals surface area contributed by atoms with Gasteiger partial charge in [0.1, 0.15) is 0 Å². The number of piperazine rings is 1. The molecule has 1 unspecified atom stereocenters. The summed E-state index contributed by atoms with van der Waals surface area (Å²) < 4.78 is 33.7. The first-order chi connectivity index (χ1) is 13.4. The summed E-state index contributed by atoms with van der Waals surface area (Å²) in [5, 5.41) is 5.03. The molecule has 2 amide bonds. The summed E-state index contributed by atoms with van der Waals surface area (Å²) in [6, 6.07) is 0. The average Bonchev–Trinajstić information content (AvgIpc) is 3.21. The van der Waals surface area contributed by atoms with Gasteiger partial charge in [-0.2, -0.15) is 17.0 Å². The van der Waals surface area contributed by atoms with Gasteiger partial charge >= 0.3 is 6.09 Å². The monoisotopic (exact) mass is 431 g/mol. The van der Waals surface area contributed by atoms with E-state index >= 15 is 0 Å². The molecule has 1 N–H and O–H groups in total. The van der Waals surface area contributed by atoms with E-state index in [0.717, 1.165) is 0 Å². The first-order valence-corrected chi connectivity index (χ1v) is 11.6. The molecule has 2 aliphatic rings. The Hall–Kier alpha value is -1.76. The number of anilines is 1. The maximum Gasteiger partial charge on any atom is 0.409 e. The molecule has 2 aliphatic heterocycles. The number of piperidine rings is 1. The van der Waals surface area contributed by atoms with Gasteiger partial charge in [0.25, 0.3) is 10.2 Å². The van der Waals surface area contributed by atoms with Crippen molar-refractivity contribution >= 4 is 38.7 Å². The molecule has 2 saturated heterocycles. The van der Waals surface area contributed by atoms with E-state index in [1.807, 2.05) is 0 Å². The van der Waals surface area contributed by atoms with Gasteiger partial charge in [0.2, 0.25) is 5.91 Å². The molecule has 0 saturated carbocycles. The fourth-order valence-corrected chi connectivity index (χ4v) is 5.55. The van der Waals surface area contributed by atoms with E-state index in [2.05, 4.69) is 10.3 Å². The molecule has 2 fully saturated rings. The van der Waals surface area contributed by atoms with Crippen molar-refractivity contribution in [3.63, 3.8) is 0 Å². The predicted octanol–water partition coefficient (Wildman–Crippen LogP) is 0.812. The zero-order valence-corrected chi connectivity index (χ0v) is 17.4. The average molecular weight is 432 g/mol. The molecule has 12 heteroatoms. The number of carbonyl (C=O) groups is 2. The third kappa shape index (κ3) is 4.80. The lowest BCUT2D eigenvalue weighted by Crippen LogP contribution is -2.56. The van der Waals surface area contributed by atoms with E-state index in [1.165, 1.54) is 24.8 Å². The molecule has 3 rings (SSSR count). The van der Waals surface area contributed by atoms with Crippen molar-refractivity contribution in [2.24, 2.45) is 5.92 Å². The number of ether oxygens (including phenoxy) is 1. The van der Waals surface area contributed by atoms with Crippen LogP contribution in [0.1, 0.15) is 19.8 Å². The number of nitrogens with one attached hydrogen (secondary N) is 1. The van der Waals surface area contributed by atoms with Gasteiger partial charge in [-0.1, -0.05) is 0 Å². The maximum atomic E-state index is 13.0. The lowest BCUT2D eigenvalue weighted by atomic mass is 9.99. The molecule has 28 heavy (non-hydrogen) atoms. The van der Waals surface area contributed by atoms with Crippen molar-refractivity contribution in [2.75, 3.05) is 51.2 Å². The molecule has 0 aliphatic carbocycles. The molecule has 3 heterocycles. The molecule has 0 spiro atoms. The summed E-state index contributed by atoms with van der Waals surface area (Å²) in [6.45, 7) is 3.58. The van der Waals surface area contributed by atoms with E-state index in [4.69, 9.17) is 4.74 Å². The summed E-state index contributed by atoms with van der Waals surface area (Å²) in [5.41, 5.74) is 0. The van der Waals surface area contributed by atoms with E-state index in [9.17, 15) is 18.0 Å². The fourth-order valence-electron chi connectivity index (χ4n) is 3.34. The third-order valence-electron chi connectivity index (χ3n) is 4.83. The van der Waals surface area contributed by atoms with E-state index < -0.39 is 22.2 Å². The highest BCUT2D eigenvalue weighted by atomic mass is 32.2. The second-order valence-electron chi connectivity index (χ2n) is 6.62. The van der Waals surface area contributed by atoms with Crippen LogP contribution in [0.2, 0.25) is 0 Å². The van der Waals surface area contributed by atoms with Crippen LogP contribution in [-0.2, 0) is 19.7 Å². The van der Waals surface area contributed by atoms with Crippen LogP contribution in [0, 0.1) is 5.92 Å². The lowest BCUT2D eigenvalue weighted by Gasteiger charge is -2.38. The molecular formula is C16H25N5O5S2. The van der Waals surface area contributed by atoms with Gasteiger partial charge in [-0.3, -0.25) is 4.79 Å². The number of amides is 2. The van der Waals surface area contributed by atoms with Crippen LogP contribution in [0.3, 0.4) is 0 Å². The summed E-state index contributed by atoms with van der Waals surface area (Å²) >= 11 is 1.32. The highest BCUT2D eigenvalue weighted by molar-refractivity contribution is 7.86. The maximum absolute atomic E-state index is 13.0. The van der Waals surface area contributed by atoms with Crippen molar-refractivity contribution in [3.8, 4) is 0 Å². The summed E-state index contributed by atoms with van der Waals surface area (Å²) in [5.74, 6) is -0.616. The van der Waals surface area contributed by atoms with Gasteiger partial charge in [-0.05, 0) is 19.8 Å². The molecule has 1 aromatic rings. The van der Waals surface area contributed by atoms with Gasteiger partial charge in [0, 0.05) is 50.8 Å². The number of aromatic nitrogens is 1. The molecule has 0 radical (unpaired) electrons. The van der Waals surface area contributed by atoms with Gasteiger partial charge < -0.3 is 15.0 Å². The van der Waals surface area contributed by atoms with E-state index in [1.54, 1.807) is 18.5 Å². The molecule has 156 valence electrons. The van der Waals surface area contributed by atoms with Crippen LogP contribution >= 0.6 is 11.3 Å². The molecule has 1 atom stereocenters. The van der Waals surface area contributed by atoms with Crippen LogP contribution in [0.25, 0.3) is 0 Å². The van der Waals surface area contributed by atoms with Gasteiger partial charge in [0.15, 0.2) is 5.13 Å². The highest BCUT2D eigenvalue weighted by Gasteiger charge is 2.38. The van der Waals surface area contributed by atoms with Gasteiger partial charge in [-0.25, -0.2) is 9.78 Å². The Labute approximate surface area is 168 Å². The van der Waals surface area contributed by atoms with Gasteiger partial charge in [-0.15, -0.1) is 11.3 Å². The minimum absolute atomic E-state index is 0.150. The standard InChI is InChI=1S/C16H25N5O5S2/c1-2-26-16(23)19-7-9-20(10-8-19)28(24,25)21-6-3-4-13(12-21)14(22)18-15-17-5-11-27-15/h5,11,13H,2-4,6-10,12H2,1H3,(H,17,18,22). The second kappa shape index (κ2) is 9.16. The molecule has 0 aromatic carbocycles. The summed E-state index contributed by atoms with van der Waals surface area (Å²) in [4.78, 5) is 29.8. The number of nitrogens with zero attached hydrogens (tertiary/aromatic N) is 4. The Balaban J connectivity index is 1.57. The smallest absolute Gasteiger partial charge is 0.409 e. The van der Waals surface area contributed by atoms with Crippen LogP contribution in [0.15, 0.2) is 11.6 Å². The topological polar surface area (TPSA) is 112 Å². The number of hydrogen-bond donors (Lipinski definition) is 1. The highest BCUT2D eigenvalue weighted by Crippen LogP contribution is 2.24. The summed E-state index contributed by atoms with van der Waals surface area (Å²) in [6.07, 6.45) is 2.45. The van der Waals surface area contributed by atoms with Crippen LogP contribution in [-0.4, -0.2) is 84.8 Å². The number of carbonyl (C=O) groups excluding carboxylic acids is 2. The molecule has 1 aromatic heterocycles. The third-order valence-corrected chi connectivity index (χ3v) is 7.53. The normalized spacial score (nSPS) is 22.0. The second-order valence-corrected chi connectivity index (χ2v) is 9.44. The molecular weight excluding hydrogens is 406 g/mol. The first kappa shape index (κ1) is 21.0. The first-order valence-electron chi connectivity index (χ1n) is 9.29. The number of thiazole rings is 1. The SMILES string of the molecule is CCOC(=O)N1CCN(S(=O)(=O)N2CCCC(C(=O)Nc3nccs3)C2)CC1. The van der Waals surface area contributed by atoms with E-state index in [-0.39, 0.29) is 32.1 Å². The lowest BCUT2D eigenvalue weighted by molar-refractivity contribution is -0.120. The Kier molecular flexibility index (Phi) is 6.86. The predicted molar refractivity (Wildman–Crippen MR) is 104 cm³/mol.